The molecule has 21 heavy (non-hydrogen) atoms. The summed E-state index contributed by atoms with van der Waals surface area (Å²) in [5, 5.41) is 19.4. The van der Waals surface area contributed by atoms with Crippen molar-refractivity contribution in [2.75, 3.05) is 0 Å². The summed E-state index contributed by atoms with van der Waals surface area (Å²) in [4.78, 5) is 11.1. The normalized spacial score (nSPS) is 12.3. The zero-order valence-electron chi connectivity index (χ0n) is 13.9. The van der Waals surface area contributed by atoms with Crippen molar-refractivity contribution >= 4 is 5.97 Å². The largest absolute Gasteiger partial charge is 0.508 e. The predicted molar refractivity (Wildman–Crippen MR) is 86.0 cm³/mol. The van der Waals surface area contributed by atoms with Crippen LogP contribution in [-0.2, 0) is 22.0 Å². The Morgan fingerprint density at radius 1 is 1.05 bits per heavy atom. The summed E-state index contributed by atoms with van der Waals surface area (Å²) < 4.78 is 0. The number of aromatic hydroxyl groups is 1. The quantitative estimate of drug-likeness (QED) is 0.821. The smallest absolute Gasteiger partial charge is 0.331 e. The molecule has 0 unspecified atom stereocenters. The minimum absolute atomic E-state index is 0.158. The van der Waals surface area contributed by atoms with Crippen LogP contribution in [0.2, 0.25) is 0 Å². The molecule has 0 saturated carbocycles. The van der Waals surface area contributed by atoms with Gasteiger partial charge in [0.25, 0.3) is 0 Å². The van der Waals surface area contributed by atoms with Gasteiger partial charge >= 0.3 is 5.97 Å². The average molecular weight is 290 g/mol. The lowest BCUT2D eigenvalue weighted by atomic mass is 9.77. The second kappa shape index (κ2) is 5.55. The van der Waals surface area contributed by atoms with Gasteiger partial charge in [-0.15, -0.1) is 0 Å². The van der Waals surface area contributed by atoms with E-state index in [2.05, 4.69) is 6.58 Å². The summed E-state index contributed by atoms with van der Waals surface area (Å²) in [6, 6.07) is 3.69. The number of hydrogen-bond acceptors (Lipinski definition) is 2. The van der Waals surface area contributed by atoms with E-state index in [1.165, 1.54) is 0 Å². The van der Waals surface area contributed by atoms with Crippen LogP contribution in [0.15, 0.2) is 24.3 Å². The summed E-state index contributed by atoms with van der Waals surface area (Å²) in [6.45, 7) is 15.8. The number of carbonyl (C=O) groups is 1. The van der Waals surface area contributed by atoms with Crippen molar-refractivity contribution in [1.29, 1.82) is 0 Å². The lowest BCUT2D eigenvalue weighted by Crippen LogP contribution is -2.19. The van der Waals surface area contributed by atoms with Gasteiger partial charge in [0.2, 0.25) is 0 Å². The maximum Gasteiger partial charge on any atom is 0.331 e. The Bertz CT molecular complexity index is 569. The van der Waals surface area contributed by atoms with Crippen LogP contribution in [0.4, 0.5) is 0 Å². The van der Waals surface area contributed by atoms with Crippen LogP contribution in [0.1, 0.15) is 58.2 Å². The van der Waals surface area contributed by atoms with Gasteiger partial charge in [-0.3, -0.25) is 0 Å². The number of carboxylic acids is 1. The number of phenolic OH excluding ortho intramolecular Hbond substituents is 1. The Kier molecular flexibility index (Phi) is 4.57. The maximum absolute atomic E-state index is 11.1. The first kappa shape index (κ1) is 17.3. The summed E-state index contributed by atoms with van der Waals surface area (Å²) >= 11 is 0. The monoisotopic (exact) mass is 290 g/mol. The third-order valence-corrected chi connectivity index (χ3v) is 3.54. The van der Waals surface area contributed by atoms with Gasteiger partial charge in [-0.05, 0) is 33.6 Å². The van der Waals surface area contributed by atoms with Gasteiger partial charge in [0, 0.05) is 12.0 Å². The number of carboxylic acid groups (broad SMARTS) is 1. The van der Waals surface area contributed by atoms with E-state index in [1.54, 1.807) is 6.07 Å². The molecule has 3 nitrogen and oxygen atoms in total. The fourth-order valence-electron chi connectivity index (χ4n) is 2.38. The lowest BCUT2D eigenvalue weighted by molar-refractivity contribution is -0.132. The SMILES string of the molecule is C=C(Cc1cc(C(C)(C)C)c(O)cc1C(C)(C)C)C(=O)O. The minimum atomic E-state index is -0.986. The maximum atomic E-state index is 11.1. The van der Waals surface area contributed by atoms with Crippen molar-refractivity contribution in [3.63, 3.8) is 0 Å². The molecule has 0 atom stereocenters. The van der Waals surface area contributed by atoms with Crippen LogP contribution in [0.3, 0.4) is 0 Å². The van der Waals surface area contributed by atoms with E-state index in [9.17, 15) is 9.90 Å². The molecule has 1 aromatic carbocycles. The highest BCUT2D eigenvalue weighted by Gasteiger charge is 2.25. The van der Waals surface area contributed by atoms with Gasteiger partial charge in [-0.2, -0.15) is 0 Å². The fourth-order valence-corrected chi connectivity index (χ4v) is 2.38. The Morgan fingerprint density at radius 3 is 1.90 bits per heavy atom. The number of hydrogen-bond donors (Lipinski definition) is 2. The second-order valence-corrected chi connectivity index (χ2v) is 7.61. The van der Waals surface area contributed by atoms with Gasteiger partial charge in [0.05, 0.1) is 0 Å². The van der Waals surface area contributed by atoms with Gasteiger partial charge in [0.15, 0.2) is 0 Å². The summed E-state index contributed by atoms with van der Waals surface area (Å²) in [6.07, 6.45) is 0.283. The van der Waals surface area contributed by atoms with Crippen molar-refractivity contribution in [2.24, 2.45) is 0 Å². The molecule has 0 fully saturated rings. The number of aliphatic carboxylic acids is 1. The second-order valence-electron chi connectivity index (χ2n) is 7.61. The highest BCUT2D eigenvalue weighted by Crippen LogP contribution is 2.37. The molecule has 0 bridgehead atoms. The molecule has 3 heteroatoms. The molecular weight excluding hydrogens is 264 g/mol. The van der Waals surface area contributed by atoms with E-state index in [4.69, 9.17) is 5.11 Å². The van der Waals surface area contributed by atoms with Crippen molar-refractivity contribution in [1.82, 2.24) is 0 Å². The molecular formula is C18H26O3. The van der Waals surface area contributed by atoms with E-state index in [-0.39, 0.29) is 28.6 Å². The lowest BCUT2D eigenvalue weighted by Gasteiger charge is -2.28. The topological polar surface area (TPSA) is 57.5 Å². The molecule has 1 rings (SSSR count). The Morgan fingerprint density at radius 2 is 1.52 bits per heavy atom. The van der Waals surface area contributed by atoms with E-state index >= 15 is 0 Å². The standard InChI is InChI=1S/C18H26O3/c1-11(16(20)21)8-12-9-14(18(5,6)7)15(19)10-13(12)17(2,3)4/h9-10,19H,1,8H2,2-7H3,(H,20,21). The fraction of sp³-hybridized carbons (Fsp3) is 0.500. The molecule has 0 heterocycles. The van der Waals surface area contributed by atoms with Crippen molar-refractivity contribution in [3.05, 3.63) is 41.0 Å². The highest BCUT2D eigenvalue weighted by molar-refractivity contribution is 5.86. The van der Waals surface area contributed by atoms with Crippen LogP contribution in [0, 0.1) is 0 Å². The Balaban J connectivity index is 3.49. The molecule has 0 radical (unpaired) electrons. The van der Waals surface area contributed by atoms with Crippen LogP contribution < -0.4 is 0 Å². The van der Waals surface area contributed by atoms with Crippen molar-refractivity contribution in [3.8, 4) is 5.75 Å². The van der Waals surface area contributed by atoms with Crippen molar-refractivity contribution < 1.29 is 15.0 Å². The average Bonchev–Trinajstić information content (AvgIpc) is 2.27. The Labute approximate surface area is 127 Å². The van der Waals surface area contributed by atoms with E-state index in [0.717, 1.165) is 16.7 Å². The number of rotatable bonds is 3. The first-order valence-corrected chi connectivity index (χ1v) is 7.12. The van der Waals surface area contributed by atoms with E-state index < -0.39 is 5.97 Å². The molecule has 0 aliphatic heterocycles. The van der Waals surface area contributed by atoms with Crippen LogP contribution >= 0.6 is 0 Å². The first-order valence-electron chi connectivity index (χ1n) is 7.12. The molecule has 0 aliphatic carbocycles. The van der Waals surface area contributed by atoms with Crippen LogP contribution in [0.25, 0.3) is 0 Å². The van der Waals surface area contributed by atoms with Crippen molar-refractivity contribution in [2.45, 2.75) is 58.8 Å². The van der Waals surface area contributed by atoms with Gasteiger partial charge in [-0.25, -0.2) is 4.79 Å². The zero-order valence-corrected chi connectivity index (χ0v) is 13.9. The molecule has 0 aromatic heterocycles. The van der Waals surface area contributed by atoms with Gasteiger partial charge in [-0.1, -0.05) is 54.2 Å². The van der Waals surface area contributed by atoms with Gasteiger partial charge in [0.1, 0.15) is 5.75 Å². The third kappa shape index (κ3) is 4.10. The molecule has 2 N–H and O–H groups in total. The number of phenols is 1. The molecule has 0 amide bonds. The molecule has 0 aliphatic rings. The minimum Gasteiger partial charge on any atom is -0.508 e. The summed E-state index contributed by atoms with van der Waals surface area (Å²) in [7, 11) is 0. The number of benzene rings is 1. The summed E-state index contributed by atoms with van der Waals surface area (Å²) in [5.74, 6) is -0.725. The van der Waals surface area contributed by atoms with Gasteiger partial charge < -0.3 is 10.2 Å². The van der Waals surface area contributed by atoms with E-state index in [1.807, 2.05) is 47.6 Å². The third-order valence-electron chi connectivity index (χ3n) is 3.54. The highest BCUT2D eigenvalue weighted by atomic mass is 16.4. The molecule has 116 valence electrons. The molecule has 0 spiro atoms. The molecule has 1 aromatic rings. The van der Waals surface area contributed by atoms with Crippen LogP contribution in [0.5, 0.6) is 5.75 Å². The first-order chi connectivity index (χ1) is 9.34. The zero-order chi connectivity index (χ0) is 16.6. The predicted octanol–water partition coefficient (Wildman–Crippen LogP) is 4.17. The molecule has 0 saturated heterocycles. The Hall–Kier alpha value is -1.77. The van der Waals surface area contributed by atoms with Crippen LogP contribution in [-0.4, -0.2) is 16.2 Å². The van der Waals surface area contributed by atoms with E-state index in [0.29, 0.717) is 0 Å². The summed E-state index contributed by atoms with van der Waals surface area (Å²) in [5.41, 5.74) is 2.46.